The largest absolute Gasteiger partial charge is 1.00 e. The number of aromatic nitrogens is 1. The van der Waals surface area contributed by atoms with E-state index in [1.54, 1.807) is 31.2 Å². The summed E-state index contributed by atoms with van der Waals surface area (Å²) in [7, 11) is 0. The average molecular weight is 592 g/mol. The van der Waals surface area contributed by atoms with Crippen molar-refractivity contribution < 1.29 is 41.5 Å². The van der Waals surface area contributed by atoms with Gasteiger partial charge in [-0.3, -0.25) is 9.56 Å². The highest BCUT2D eigenvalue weighted by molar-refractivity contribution is 7.73. The van der Waals surface area contributed by atoms with Crippen molar-refractivity contribution >= 4 is 47.4 Å². The number of aliphatic imine (C=N–C) groups is 1. The molecule has 8 nitrogen and oxygen atoms in total. The second-order valence-electron chi connectivity index (χ2n) is 8.53. The smallest absolute Gasteiger partial charge is 0.338 e. The van der Waals surface area contributed by atoms with Gasteiger partial charge in [-0.1, -0.05) is 41.7 Å². The summed E-state index contributed by atoms with van der Waals surface area (Å²) in [5.41, 5.74) is 1.95. The van der Waals surface area contributed by atoms with E-state index < -0.39 is 12.0 Å². The van der Waals surface area contributed by atoms with Crippen LogP contribution in [0.1, 0.15) is 47.6 Å². The number of thiazole rings is 1. The number of aromatic hydroxyl groups is 1. The van der Waals surface area contributed by atoms with E-state index in [-0.39, 0.29) is 30.9 Å². The summed E-state index contributed by atoms with van der Waals surface area (Å²) in [5, 5.41) is 11.0. The molecule has 210 valence electrons. The van der Waals surface area contributed by atoms with Crippen LogP contribution in [0.2, 0.25) is 0 Å². The summed E-state index contributed by atoms with van der Waals surface area (Å²) in [6.45, 7) is 9.29. The van der Waals surface area contributed by atoms with Crippen molar-refractivity contribution in [3.63, 3.8) is 0 Å². The Morgan fingerprint density at radius 2 is 1.74 bits per heavy atom. The average Bonchev–Trinajstić information content (AvgIpc) is 3.21. The first-order valence-corrected chi connectivity index (χ1v) is 13.9. The van der Waals surface area contributed by atoms with Crippen LogP contribution in [0.25, 0.3) is 0 Å². The zero-order valence-electron chi connectivity index (χ0n) is 22.3. The Hall–Kier alpha value is -3.05. The fourth-order valence-electron chi connectivity index (χ4n) is 3.90. The highest BCUT2D eigenvalue weighted by atomic mass is 35.5. The Balaban J connectivity index is 0.00000533. The number of carbonyl (C=O) groups excluding carboxylic acids is 2. The highest BCUT2D eigenvalue weighted by Gasteiger charge is 2.27. The quantitative estimate of drug-likeness (QED) is 0.176. The molecular formula is C28H34ClN3O5S2. The SMILES string of the molecule is CCOC(=O)C(Cc1ccccc1)n1c(O)c(C=Nc2ccc(C(=O)OCC[NH+](CC)CC)cc2)sc1=S.[Cl-]. The third-order valence-electron chi connectivity index (χ3n) is 6.11. The first-order chi connectivity index (χ1) is 18.4. The molecule has 2 aromatic carbocycles. The van der Waals surface area contributed by atoms with Gasteiger partial charge in [-0.2, -0.15) is 0 Å². The molecule has 0 saturated heterocycles. The van der Waals surface area contributed by atoms with E-state index in [0.29, 0.717) is 33.1 Å². The lowest BCUT2D eigenvalue weighted by atomic mass is 10.1. The first kappa shape index (κ1) is 32.2. The molecule has 0 bridgehead atoms. The van der Waals surface area contributed by atoms with E-state index >= 15 is 0 Å². The molecule has 0 fully saturated rings. The predicted molar refractivity (Wildman–Crippen MR) is 152 cm³/mol. The van der Waals surface area contributed by atoms with Gasteiger partial charge in [0.05, 0.1) is 37.2 Å². The van der Waals surface area contributed by atoms with Crippen LogP contribution >= 0.6 is 23.6 Å². The van der Waals surface area contributed by atoms with Crippen LogP contribution in [-0.4, -0.2) is 60.7 Å². The number of likely N-dealkylation sites (N-methyl/N-ethyl adjacent to an activating group) is 1. The molecule has 0 spiro atoms. The molecule has 11 heteroatoms. The molecular weight excluding hydrogens is 558 g/mol. The highest BCUT2D eigenvalue weighted by Crippen LogP contribution is 2.31. The number of rotatable bonds is 13. The minimum Gasteiger partial charge on any atom is -1.00 e. The van der Waals surface area contributed by atoms with Crippen molar-refractivity contribution in [2.24, 2.45) is 4.99 Å². The van der Waals surface area contributed by atoms with Crippen LogP contribution in [0.5, 0.6) is 5.88 Å². The fraction of sp³-hybridized carbons (Fsp3) is 0.357. The maximum atomic E-state index is 12.8. The molecule has 39 heavy (non-hydrogen) atoms. The minimum absolute atomic E-state index is 0. The zero-order chi connectivity index (χ0) is 27.5. The molecule has 0 aliphatic heterocycles. The van der Waals surface area contributed by atoms with E-state index in [4.69, 9.17) is 21.7 Å². The van der Waals surface area contributed by atoms with Gasteiger partial charge >= 0.3 is 11.9 Å². The monoisotopic (exact) mass is 591 g/mol. The zero-order valence-corrected chi connectivity index (χ0v) is 24.7. The molecule has 0 aliphatic rings. The second-order valence-corrected chi connectivity index (χ2v) is 10.2. The number of carbonyl (C=O) groups is 2. The van der Waals surface area contributed by atoms with Gasteiger partial charge in [0.25, 0.3) is 0 Å². The van der Waals surface area contributed by atoms with E-state index in [0.717, 1.165) is 36.5 Å². The molecule has 0 saturated carbocycles. The third-order valence-corrected chi connectivity index (χ3v) is 7.43. The maximum absolute atomic E-state index is 12.8. The second kappa shape index (κ2) is 16.1. The van der Waals surface area contributed by atoms with Gasteiger partial charge in [0.2, 0.25) is 5.88 Å². The molecule has 2 N–H and O–H groups in total. The van der Waals surface area contributed by atoms with Crippen LogP contribution in [0.15, 0.2) is 59.6 Å². The van der Waals surface area contributed by atoms with Crippen LogP contribution in [0, 0.1) is 3.95 Å². The molecule has 0 radical (unpaired) electrons. The Bertz CT molecular complexity index is 1290. The summed E-state index contributed by atoms with van der Waals surface area (Å²) in [6, 6.07) is 15.4. The number of hydrogen-bond donors (Lipinski definition) is 2. The molecule has 1 heterocycles. The number of ether oxygens (including phenoxy) is 2. The van der Waals surface area contributed by atoms with E-state index in [2.05, 4.69) is 18.8 Å². The number of nitrogens with zero attached hydrogens (tertiary/aromatic N) is 2. The van der Waals surface area contributed by atoms with Gasteiger partial charge in [0, 0.05) is 6.42 Å². The van der Waals surface area contributed by atoms with Gasteiger partial charge in [-0.05, 0) is 62.8 Å². The molecule has 3 rings (SSSR count). The van der Waals surface area contributed by atoms with Crippen molar-refractivity contribution in [2.45, 2.75) is 33.2 Å². The van der Waals surface area contributed by atoms with E-state index in [1.165, 1.54) is 15.7 Å². The van der Waals surface area contributed by atoms with Crippen molar-refractivity contribution in [1.29, 1.82) is 0 Å². The normalized spacial score (nSPS) is 11.8. The molecule has 0 amide bonds. The maximum Gasteiger partial charge on any atom is 0.338 e. The lowest BCUT2D eigenvalue weighted by molar-refractivity contribution is -0.896. The first-order valence-electron chi connectivity index (χ1n) is 12.7. The van der Waals surface area contributed by atoms with Crippen LogP contribution in [0.3, 0.4) is 0 Å². The predicted octanol–water partition coefficient (Wildman–Crippen LogP) is 1.17. The lowest BCUT2D eigenvalue weighted by Crippen LogP contribution is -3.11. The Morgan fingerprint density at radius 1 is 1.08 bits per heavy atom. The van der Waals surface area contributed by atoms with Crippen LogP contribution in [-0.2, 0) is 20.7 Å². The molecule has 1 aromatic heterocycles. The van der Waals surface area contributed by atoms with Gasteiger partial charge < -0.3 is 31.9 Å². The molecule has 3 aromatic rings. The topological polar surface area (TPSA) is 94.6 Å². The van der Waals surface area contributed by atoms with E-state index in [9.17, 15) is 14.7 Å². The summed E-state index contributed by atoms with van der Waals surface area (Å²) >= 11 is 6.65. The van der Waals surface area contributed by atoms with Crippen molar-refractivity contribution in [3.8, 4) is 5.88 Å². The Labute approximate surface area is 244 Å². The van der Waals surface area contributed by atoms with Crippen molar-refractivity contribution in [3.05, 3.63) is 74.6 Å². The molecule has 0 aliphatic carbocycles. The number of nitrogens with one attached hydrogen (secondary N) is 1. The van der Waals surface area contributed by atoms with Gasteiger partial charge in [-0.15, -0.1) is 0 Å². The summed E-state index contributed by atoms with van der Waals surface area (Å²) in [5.74, 6) is -0.985. The fourth-order valence-corrected chi connectivity index (χ4v) is 5.18. The Morgan fingerprint density at radius 3 is 2.36 bits per heavy atom. The number of quaternary nitrogens is 1. The van der Waals surface area contributed by atoms with Gasteiger partial charge in [0.15, 0.2) is 3.95 Å². The van der Waals surface area contributed by atoms with E-state index in [1.807, 2.05) is 30.3 Å². The number of halogens is 1. The lowest BCUT2D eigenvalue weighted by Gasteiger charge is -2.18. The standard InChI is InChI=1S/C28H33N3O5S2.ClH/c1-4-30(5-2)16-17-36-26(33)21-12-14-22(15-13-21)29-19-24-25(32)31(28(37)38-24)23(27(34)35-6-3)18-20-10-8-7-9-11-20;/h7-15,19,23,32H,4-6,16-18H2,1-3H3;1H. The van der Waals surface area contributed by atoms with Crippen LogP contribution in [0.4, 0.5) is 5.69 Å². The minimum atomic E-state index is -0.808. The number of benzene rings is 2. The van der Waals surface area contributed by atoms with Crippen molar-refractivity contribution in [2.75, 3.05) is 32.8 Å². The van der Waals surface area contributed by atoms with Gasteiger partial charge in [-0.25, -0.2) is 9.59 Å². The summed E-state index contributed by atoms with van der Waals surface area (Å²) < 4.78 is 12.4. The molecule has 1 atom stereocenters. The van der Waals surface area contributed by atoms with Gasteiger partial charge in [0.1, 0.15) is 24.1 Å². The summed E-state index contributed by atoms with van der Waals surface area (Å²) in [6.07, 6.45) is 1.82. The third kappa shape index (κ3) is 8.99. The number of esters is 2. The molecule has 1 unspecified atom stereocenters. The number of hydrogen-bond acceptors (Lipinski definition) is 8. The van der Waals surface area contributed by atoms with Crippen LogP contribution < -0.4 is 17.3 Å². The Kier molecular flexibility index (Phi) is 13.3. The van der Waals surface area contributed by atoms with Crippen molar-refractivity contribution in [1.82, 2.24) is 4.57 Å². The summed E-state index contributed by atoms with van der Waals surface area (Å²) in [4.78, 5) is 31.3.